The summed E-state index contributed by atoms with van der Waals surface area (Å²) in [4.78, 5) is 14.9. The van der Waals surface area contributed by atoms with Crippen LogP contribution in [-0.4, -0.2) is 44.8 Å². The highest BCUT2D eigenvalue weighted by Crippen LogP contribution is 2.27. The van der Waals surface area contributed by atoms with E-state index in [1.165, 1.54) is 24.5 Å². The molecule has 0 bridgehead atoms. The van der Waals surface area contributed by atoms with E-state index >= 15 is 0 Å². The van der Waals surface area contributed by atoms with E-state index in [4.69, 9.17) is 17.3 Å². The number of hydrogen-bond acceptors (Lipinski definition) is 5. The maximum atomic E-state index is 13.7. The Morgan fingerprint density at radius 1 is 1.27 bits per heavy atom. The Hall–Kier alpha value is -2.32. The van der Waals surface area contributed by atoms with Crippen LogP contribution >= 0.6 is 11.6 Å². The van der Waals surface area contributed by atoms with Crippen LogP contribution in [0.25, 0.3) is 11.0 Å². The molecular weight excluding hydrogens is 362 g/mol. The molecule has 1 aliphatic rings. The van der Waals surface area contributed by atoms with Gasteiger partial charge in [0, 0.05) is 31.5 Å². The normalized spacial score (nSPS) is 20.7. The van der Waals surface area contributed by atoms with Crippen molar-refractivity contribution in [3.8, 4) is 0 Å². The molecule has 0 aliphatic carbocycles. The Labute approximate surface area is 153 Å². The zero-order valence-corrected chi connectivity index (χ0v) is 14.6. The molecule has 26 heavy (non-hydrogen) atoms. The second-order valence-corrected chi connectivity index (χ2v) is 6.80. The van der Waals surface area contributed by atoms with Gasteiger partial charge >= 0.3 is 0 Å². The van der Waals surface area contributed by atoms with Gasteiger partial charge in [-0.2, -0.15) is 0 Å². The summed E-state index contributed by atoms with van der Waals surface area (Å²) in [5.41, 5.74) is 7.16. The summed E-state index contributed by atoms with van der Waals surface area (Å²) < 4.78 is 29.3. The molecule has 3 heterocycles. The van der Waals surface area contributed by atoms with Crippen LogP contribution < -0.4 is 10.6 Å². The average molecular weight is 379 g/mol. The lowest BCUT2D eigenvalue weighted by Gasteiger charge is -2.34. The zero-order valence-electron chi connectivity index (χ0n) is 13.8. The summed E-state index contributed by atoms with van der Waals surface area (Å²) in [6, 6.07) is 3.84. The van der Waals surface area contributed by atoms with Crippen molar-refractivity contribution in [2.75, 3.05) is 18.0 Å². The van der Waals surface area contributed by atoms with Gasteiger partial charge in [0.1, 0.15) is 17.8 Å². The van der Waals surface area contributed by atoms with Gasteiger partial charge in [-0.05, 0) is 18.6 Å². The molecule has 4 rings (SSSR count). The summed E-state index contributed by atoms with van der Waals surface area (Å²) >= 11 is 5.85. The monoisotopic (exact) mass is 378 g/mol. The molecule has 0 radical (unpaired) electrons. The van der Waals surface area contributed by atoms with Crippen molar-refractivity contribution in [2.45, 2.75) is 25.2 Å². The number of benzene rings is 1. The Morgan fingerprint density at radius 2 is 2.04 bits per heavy atom. The second kappa shape index (κ2) is 6.77. The molecule has 0 saturated carbocycles. The Kier molecular flexibility index (Phi) is 4.46. The van der Waals surface area contributed by atoms with E-state index < -0.39 is 12.2 Å². The molecule has 2 atom stereocenters. The average Bonchev–Trinajstić information content (AvgIpc) is 2.97. The van der Waals surface area contributed by atoms with Crippen LogP contribution in [0.2, 0.25) is 5.02 Å². The van der Waals surface area contributed by atoms with Crippen molar-refractivity contribution in [3.05, 3.63) is 47.3 Å². The van der Waals surface area contributed by atoms with Crippen LogP contribution in [0.3, 0.4) is 0 Å². The smallest absolute Gasteiger partial charge is 0.207 e. The molecule has 1 unspecified atom stereocenters. The van der Waals surface area contributed by atoms with Gasteiger partial charge < -0.3 is 15.2 Å². The molecule has 0 amide bonds. The van der Waals surface area contributed by atoms with Gasteiger partial charge in [-0.3, -0.25) is 0 Å². The maximum absolute atomic E-state index is 13.7. The first-order chi connectivity index (χ1) is 12.5. The quantitative estimate of drug-likeness (QED) is 0.758. The van der Waals surface area contributed by atoms with Crippen LogP contribution in [0.1, 0.15) is 12.2 Å². The standard InChI is InChI=1S/C17H17ClF2N6/c18-10-6-22-16(23-7-10)9-26-15-2-1-11(19)5-14(15)24-17(26)25-4-3-12(20)13(21)8-25/h1-2,5-7,12-13H,3-4,8-9,21H2/t12?,13-/m1/s1. The van der Waals surface area contributed by atoms with Crippen LogP contribution in [0.4, 0.5) is 14.7 Å². The summed E-state index contributed by atoms with van der Waals surface area (Å²) in [5, 5.41) is 0.447. The van der Waals surface area contributed by atoms with E-state index in [1.54, 1.807) is 6.07 Å². The minimum absolute atomic E-state index is 0.330. The fraction of sp³-hybridized carbons (Fsp3) is 0.353. The van der Waals surface area contributed by atoms with Crippen LogP contribution in [0.5, 0.6) is 0 Å². The van der Waals surface area contributed by atoms with Crippen molar-refractivity contribution >= 4 is 28.6 Å². The number of anilines is 1. The maximum Gasteiger partial charge on any atom is 0.207 e. The molecule has 3 aromatic rings. The minimum Gasteiger partial charge on any atom is -0.340 e. The molecule has 0 spiro atoms. The molecule has 2 aromatic heterocycles. The summed E-state index contributed by atoms with van der Waals surface area (Å²) in [5.74, 6) is 0.783. The molecule has 1 saturated heterocycles. The fourth-order valence-electron chi connectivity index (χ4n) is 3.18. The van der Waals surface area contributed by atoms with Crippen LogP contribution in [0, 0.1) is 5.82 Å². The SMILES string of the molecule is N[C@@H]1CN(c2nc3cc(F)ccc3n2Cc2ncc(Cl)cn2)CCC1F. The molecule has 2 N–H and O–H groups in total. The van der Waals surface area contributed by atoms with Gasteiger partial charge in [-0.15, -0.1) is 0 Å². The van der Waals surface area contributed by atoms with Crippen molar-refractivity contribution < 1.29 is 8.78 Å². The number of nitrogens with two attached hydrogens (primary N) is 1. The van der Waals surface area contributed by atoms with Crippen molar-refractivity contribution in [1.82, 2.24) is 19.5 Å². The van der Waals surface area contributed by atoms with E-state index in [0.29, 0.717) is 48.4 Å². The lowest BCUT2D eigenvalue weighted by molar-refractivity contribution is 0.243. The molecule has 6 nitrogen and oxygen atoms in total. The van der Waals surface area contributed by atoms with Crippen molar-refractivity contribution in [1.29, 1.82) is 0 Å². The fourth-order valence-corrected chi connectivity index (χ4v) is 3.28. The predicted octanol–water partition coefficient (Wildman–Crippen LogP) is 2.54. The number of rotatable bonds is 3. The topological polar surface area (TPSA) is 72.9 Å². The van der Waals surface area contributed by atoms with E-state index in [0.717, 1.165) is 5.52 Å². The molecule has 9 heteroatoms. The van der Waals surface area contributed by atoms with Gasteiger partial charge in [0.25, 0.3) is 0 Å². The number of piperidine rings is 1. The highest BCUT2D eigenvalue weighted by Gasteiger charge is 2.29. The highest BCUT2D eigenvalue weighted by molar-refractivity contribution is 6.30. The number of hydrogen-bond donors (Lipinski definition) is 1. The van der Waals surface area contributed by atoms with Crippen molar-refractivity contribution in [3.63, 3.8) is 0 Å². The van der Waals surface area contributed by atoms with Crippen LogP contribution in [-0.2, 0) is 6.54 Å². The summed E-state index contributed by atoms with van der Waals surface area (Å²) in [7, 11) is 0. The van der Waals surface area contributed by atoms with Gasteiger partial charge in [0.15, 0.2) is 0 Å². The zero-order chi connectivity index (χ0) is 18.3. The minimum atomic E-state index is -1.03. The molecule has 1 fully saturated rings. The first-order valence-electron chi connectivity index (χ1n) is 8.28. The lowest BCUT2D eigenvalue weighted by atomic mass is 10.1. The first-order valence-corrected chi connectivity index (χ1v) is 8.66. The van der Waals surface area contributed by atoms with Gasteiger partial charge in [-0.25, -0.2) is 23.7 Å². The Balaban J connectivity index is 1.76. The third kappa shape index (κ3) is 3.22. The summed E-state index contributed by atoms with van der Waals surface area (Å²) in [6.45, 7) is 1.16. The Morgan fingerprint density at radius 3 is 2.77 bits per heavy atom. The number of halogens is 3. The highest BCUT2D eigenvalue weighted by atomic mass is 35.5. The number of fused-ring (bicyclic) bond motifs is 1. The molecule has 1 aromatic carbocycles. The van der Waals surface area contributed by atoms with Gasteiger partial charge in [-0.1, -0.05) is 11.6 Å². The van der Waals surface area contributed by atoms with Crippen LogP contribution in [0.15, 0.2) is 30.6 Å². The predicted molar refractivity (Wildman–Crippen MR) is 95.5 cm³/mol. The van der Waals surface area contributed by atoms with E-state index in [9.17, 15) is 8.78 Å². The van der Waals surface area contributed by atoms with E-state index in [2.05, 4.69) is 15.0 Å². The second-order valence-electron chi connectivity index (χ2n) is 6.36. The van der Waals surface area contributed by atoms with Crippen molar-refractivity contribution in [2.24, 2.45) is 5.73 Å². The lowest BCUT2D eigenvalue weighted by Crippen LogP contribution is -2.50. The summed E-state index contributed by atoms with van der Waals surface area (Å²) in [6.07, 6.45) is 2.34. The largest absolute Gasteiger partial charge is 0.340 e. The van der Waals surface area contributed by atoms with E-state index in [1.807, 2.05) is 9.47 Å². The third-order valence-corrected chi connectivity index (χ3v) is 4.71. The van der Waals surface area contributed by atoms with Gasteiger partial charge in [0.2, 0.25) is 5.95 Å². The number of nitrogens with zero attached hydrogens (tertiary/aromatic N) is 5. The Bertz CT molecular complexity index is 929. The first kappa shape index (κ1) is 17.1. The molecule has 1 aliphatic heterocycles. The number of alkyl halides is 1. The molecule has 136 valence electrons. The molecular formula is C17H17ClF2N6. The van der Waals surface area contributed by atoms with Gasteiger partial charge in [0.05, 0.1) is 28.6 Å². The number of imidazole rings is 1. The third-order valence-electron chi connectivity index (χ3n) is 4.52. The number of aromatic nitrogens is 4. The van der Waals surface area contributed by atoms with E-state index in [-0.39, 0.29) is 5.82 Å².